The molecule has 0 radical (unpaired) electrons. The van der Waals surface area contributed by atoms with Crippen molar-refractivity contribution in [3.63, 3.8) is 0 Å². The van der Waals surface area contributed by atoms with Crippen LogP contribution in [-0.2, 0) is 0 Å². The third kappa shape index (κ3) is 2.55. The van der Waals surface area contributed by atoms with Crippen LogP contribution in [0.2, 0.25) is 0 Å². The molecule has 1 aromatic carbocycles. The summed E-state index contributed by atoms with van der Waals surface area (Å²) in [5.74, 6) is 1.69. The maximum Gasteiger partial charge on any atom is 0.165 e. The van der Waals surface area contributed by atoms with Crippen molar-refractivity contribution in [3.8, 4) is 11.5 Å². The molecule has 1 aromatic heterocycles. The number of ether oxygens (including phenoxy) is 1. The molecular weight excluding hydrogens is 224 g/mol. The van der Waals surface area contributed by atoms with Crippen molar-refractivity contribution in [3.05, 3.63) is 42.7 Å². The van der Waals surface area contributed by atoms with Crippen LogP contribution in [-0.4, -0.2) is 9.78 Å². The molecule has 1 saturated carbocycles. The first-order valence-electron chi connectivity index (χ1n) is 6.69. The predicted octanol–water partition coefficient (Wildman–Crippen LogP) is 4.18. The smallest absolute Gasteiger partial charge is 0.165 e. The normalized spacial score (nSPS) is 16.7. The topological polar surface area (TPSA) is 27.1 Å². The first-order chi connectivity index (χ1) is 8.92. The number of aromatic nitrogens is 2. The van der Waals surface area contributed by atoms with Gasteiger partial charge in [0.1, 0.15) is 5.75 Å². The lowest BCUT2D eigenvalue weighted by Gasteiger charge is -2.21. The third-order valence-electron chi connectivity index (χ3n) is 3.51. The number of hydrogen-bond acceptors (Lipinski definition) is 2. The van der Waals surface area contributed by atoms with Crippen molar-refractivity contribution in [2.24, 2.45) is 0 Å². The van der Waals surface area contributed by atoms with E-state index in [0.29, 0.717) is 6.04 Å². The number of nitrogens with zero attached hydrogens (tertiary/aromatic N) is 2. The summed E-state index contributed by atoms with van der Waals surface area (Å²) in [5, 5.41) is 4.43. The quantitative estimate of drug-likeness (QED) is 0.807. The van der Waals surface area contributed by atoms with Crippen LogP contribution in [0, 0.1) is 0 Å². The fraction of sp³-hybridized carbons (Fsp3) is 0.400. The van der Waals surface area contributed by atoms with Gasteiger partial charge in [-0.3, -0.25) is 4.68 Å². The maximum atomic E-state index is 5.77. The van der Waals surface area contributed by atoms with Crippen LogP contribution in [0.1, 0.15) is 38.1 Å². The molecule has 0 N–H and O–H groups in total. The van der Waals surface area contributed by atoms with E-state index in [-0.39, 0.29) is 0 Å². The van der Waals surface area contributed by atoms with E-state index in [4.69, 9.17) is 4.74 Å². The Bertz CT molecular complexity index is 486. The number of benzene rings is 1. The average Bonchev–Trinajstić information content (AvgIpc) is 2.89. The van der Waals surface area contributed by atoms with E-state index < -0.39 is 0 Å². The van der Waals surface area contributed by atoms with Crippen LogP contribution in [0.5, 0.6) is 11.5 Å². The number of hydrogen-bond donors (Lipinski definition) is 0. The molecule has 1 aliphatic carbocycles. The zero-order valence-electron chi connectivity index (χ0n) is 10.5. The van der Waals surface area contributed by atoms with E-state index in [0.717, 1.165) is 11.5 Å². The van der Waals surface area contributed by atoms with E-state index >= 15 is 0 Å². The lowest BCUT2D eigenvalue weighted by atomic mass is 9.96. The summed E-state index contributed by atoms with van der Waals surface area (Å²) < 4.78 is 7.83. The van der Waals surface area contributed by atoms with Crippen molar-refractivity contribution in [1.82, 2.24) is 9.78 Å². The molecule has 1 fully saturated rings. The first-order valence-corrected chi connectivity index (χ1v) is 6.69. The second-order valence-electron chi connectivity index (χ2n) is 4.86. The van der Waals surface area contributed by atoms with Crippen molar-refractivity contribution >= 4 is 0 Å². The Morgan fingerprint density at radius 3 is 2.56 bits per heavy atom. The zero-order valence-corrected chi connectivity index (χ0v) is 10.5. The highest BCUT2D eigenvalue weighted by Gasteiger charge is 2.16. The lowest BCUT2D eigenvalue weighted by molar-refractivity contribution is 0.328. The van der Waals surface area contributed by atoms with Gasteiger partial charge in [-0.05, 0) is 25.0 Å². The van der Waals surface area contributed by atoms with Gasteiger partial charge in [0.15, 0.2) is 5.75 Å². The number of rotatable bonds is 3. The summed E-state index contributed by atoms with van der Waals surface area (Å²) in [6.07, 6.45) is 10.3. The van der Waals surface area contributed by atoms with Crippen molar-refractivity contribution in [1.29, 1.82) is 0 Å². The van der Waals surface area contributed by atoms with Gasteiger partial charge in [0.2, 0.25) is 0 Å². The molecule has 0 aliphatic heterocycles. The minimum Gasteiger partial charge on any atom is -0.454 e. The second-order valence-corrected chi connectivity index (χ2v) is 4.86. The Kier molecular flexibility index (Phi) is 3.31. The van der Waals surface area contributed by atoms with Crippen LogP contribution in [0.4, 0.5) is 0 Å². The van der Waals surface area contributed by atoms with Gasteiger partial charge in [0, 0.05) is 0 Å². The predicted molar refractivity (Wildman–Crippen MR) is 70.9 cm³/mol. The van der Waals surface area contributed by atoms with E-state index in [1.807, 2.05) is 42.7 Å². The monoisotopic (exact) mass is 242 g/mol. The van der Waals surface area contributed by atoms with Crippen LogP contribution in [0.3, 0.4) is 0 Å². The molecule has 2 aromatic rings. The molecule has 0 unspecified atom stereocenters. The average molecular weight is 242 g/mol. The van der Waals surface area contributed by atoms with E-state index in [9.17, 15) is 0 Å². The highest BCUT2D eigenvalue weighted by atomic mass is 16.5. The van der Waals surface area contributed by atoms with Gasteiger partial charge in [-0.1, -0.05) is 37.5 Å². The van der Waals surface area contributed by atoms with Gasteiger partial charge in [0.25, 0.3) is 0 Å². The molecular formula is C15H18N2O. The molecule has 0 bridgehead atoms. The Balaban J connectivity index is 1.69. The van der Waals surface area contributed by atoms with Gasteiger partial charge in [-0.2, -0.15) is 5.10 Å². The Labute approximate surface area is 107 Å². The van der Waals surface area contributed by atoms with Crippen LogP contribution in [0.15, 0.2) is 42.7 Å². The highest BCUT2D eigenvalue weighted by Crippen LogP contribution is 2.29. The summed E-state index contributed by atoms with van der Waals surface area (Å²) in [4.78, 5) is 0. The Morgan fingerprint density at radius 1 is 1.00 bits per heavy atom. The molecule has 94 valence electrons. The number of para-hydroxylation sites is 1. The third-order valence-corrected chi connectivity index (χ3v) is 3.51. The lowest BCUT2D eigenvalue weighted by Crippen LogP contribution is -2.12. The minimum atomic E-state index is 0.562. The molecule has 0 saturated heterocycles. The summed E-state index contributed by atoms with van der Waals surface area (Å²) >= 11 is 0. The summed E-state index contributed by atoms with van der Waals surface area (Å²) in [6, 6.07) is 10.4. The fourth-order valence-electron chi connectivity index (χ4n) is 2.54. The van der Waals surface area contributed by atoms with Gasteiger partial charge in [-0.25, -0.2) is 0 Å². The molecule has 1 heterocycles. The molecule has 0 spiro atoms. The van der Waals surface area contributed by atoms with Crippen LogP contribution in [0.25, 0.3) is 0 Å². The summed E-state index contributed by atoms with van der Waals surface area (Å²) in [5.41, 5.74) is 0. The molecule has 0 amide bonds. The van der Waals surface area contributed by atoms with Gasteiger partial charge in [-0.15, -0.1) is 0 Å². The molecule has 18 heavy (non-hydrogen) atoms. The van der Waals surface area contributed by atoms with Crippen molar-refractivity contribution in [2.75, 3.05) is 0 Å². The largest absolute Gasteiger partial charge is 0.454 e. The summed E-state index contributed by atoms with van der Waals surface area (Å²) in [6.45, 7) is 0. The maximum absolute atomic E-state index is 5.77. The Morgan fingerprint density at radius 2 is 1.78 bits per heavy atom. The molecule has 3 rings (SSSR count). The van der Waals surface area contributed by atoms with Crippen molar-refractivity contribution in [2.45, 2.75) is 38.1 Å². The first kappa shape index (κ1) is 11.3. The molecule has 3 nitrogen and oxygen atoms in total. The fourth-order valence-corrected chi connectivity index (χ4v) is 2.54. The van der Waals surface area contributed by atoms with Crippen LogP contribution < -0.4 is 4.74 Å². The van der Waals surface area contributed by atoms with Gasteiger partial charge >= 0.3 is 0 Å². The zero-order chi connectivity index (χ0) is 12.2. The van der Waals surface area contributed by atoms with E-state index in [1.165, 1.54) is 32.1 Å². The second kappa shape index (κ2) is 5.25. The Hall–Kier alpha value is -1.77. The SMILES string of the molecule is c1ccc(Oc2cnn(C3CCCCC3)c2)cc1. The molecule has 0 atom stereocenters. The molecule has 3 heteroatoms. The van der Waals surface area contributed by atoms with E-state index in [1.54, 1.807) is 0 Å². The highest BCUT2D eigenvalue weighted by molar-refractivity contribution is 5.27. The van der Waals surface area contributed by atoms with E-state index in [2.05, 4.69) is 9.78 Å². The van der Waals surface area contributed by atoms with Crippen LogP contribution >= 0.6 is 0 Å². The van der Waals surface area contributed by atoms with Gasteiger partial charge < -0.3 is 4.74 Å². The standard InChI is InChI=1S/C15H18N2O/c1-3-7-13(8-4-1)17-12-15(11-16-17)18-14-9-5-2-6-10-14/h2,5-6,9-13H,1,3-4,7-8H2. The van der Waals surface area contributed by atoms with Crippen molar-refractivity contribution < 1.29 is 4.74 Å². The molecule has 1 aliphatic rings. The van der Waals surface area contributed by atoms with Gasteiger partial charge in [0.05, 0.1) is 18.4 Å². The minimum absolute atomic E-state index is 0.562. The summed E-state index contributed by atoms with van der Waals surface area (Å²) in [7, 11) is 0.